The van der Waals surface area contributed by atoms with Crippen LogP contribution in [0.1, 0.15) is 36.2 Å². The SMILES string of the molecule is CCOC(CN1CCN(c2ccc(-c3cnc4[nH]cc(C(=O)c5c(F)ccc(NS(=O)(=O)N6CC[C@@H](F)C6)c5F)c4c3)cc2)CC1)OCC. The summed E-state index contributed by atoms with van der Waals surface area (Å²) in [6, 6.07) is 11.4. The standard InChI is InChI=1S/C34H39F3N6O5S/c1-3-47-30(48-4-2)21-41-13-15-42(16-14-41)25-7-5-22(6-8-25)23-17-26-27(19-39-34(26)38-18-23)33(44)31-28(36)9-10-29(32(31)37)40-49(45,46)43-12-11-24(35)20-43/h5-10,17-19,24,30,40H,3-4,11-16,20-21H2,1-2H3,(H,38,39)/t24-/m1/s1. The summed E-state index contributed by atoms with van der Waals surface area (Å²) < 4.78 is 83.9. The van der Waals surface area contributed by atoms with Gasteiger partial charge in [0.05, 0.1) is 11.3 Å². The van der Waals surface area contributed by atoms with E-state index in [4.69, 9.17) is 9.47 Å². The van der Waals surface area contributed by atoms with Gasteiger partial charge >= 0.3 is 10.2 Å². The first-order valence-corrected chi connectivity index (χ1v) is 17.7. The number of aromatic nitrogens is 2. The number of pyridine rings is 1. The number of hydrogen-bond acceptors (Lipinski definition) is 8. The second-order valence-corrected chi connectivity index (χ2v) is 13.6. The number of ketones is 1. The molecule has 6 rings (SSSR count). The Morgan fingerprint density at radius 2 is 1.73 bits per heavy atom. The number of nitrogens with one attached hydrogen (secondary N) is 2. The Hall–Kier alpha value is -4.02. The van der Waals surface area contributed by atoms with Gasteiger partial charge in [-0.2, -0.15) is 12.7 Å². The van der Waals surface area contributed by atoms with Crippen LogP contribution in [0.15, 0.2) is 54.9 Å². The molecule has 0 unspecified atom stereocenters. The zero-order chi connectivity index (χ0) is 34.7. The summed E-state index contributed by atoms with van der Waals surface area (Å²) in [6.45, 7) is 8.81. The van der Waals surface area contributed by atoms with Gasteiger partial charge in [-0.3, -0.25) is 14.4 Å². The molecule has 2 aliphatic rings. The number of halogens is 3. The lowest BCUT2D eigenvalue weighted by atomic mass is 9.99. The molecule has 2 aliphatic heterocycles. The summed E-state index contributed by atoms with van der Waals surface area (Å²) in [4.78, 5) is 25.5. The lowest BCUT2D eigenvalue weighted by molar-refractivity contribution is -0.147. The number of anilines is 2. The Bertz CT molecular complexity index is 1890. The smallest absolute Gasteiger partial charge is 0.301 e. The Kier molecular flexibility index (Phi) is 10.6. The van der Waals surface area contributed by atoms with E-state index >= 15 is 4.39 Å². The van der Waals surface area contributed by atoms with E-state index in [2.05, 4.69) is 19.8 Å². The number of hydrogen-bond donors (Lipinski definition) is 2. The number of piperazine rings is 1. The van der Waals surface area contributed by atoms with Gasteiger partial charge < -0.3 is 19.4 Å². The Balaban J connectivity index is 1.18. The first-order valence-electron chi connectivity index (χ1n) is 16.3. The maximum absolute atomic E-state index is 15.6. The van der Waals surface area contributed by atoms with Crippen LogP contribution < -0.4 is 9.62 Å². The maximum Gasteiger partial charge on any atom is 0.301 e. The van der Waals surface area contributed by atoms with Crippen LogP contribution in [0.2, 0.25) is 0 Å². The van der Waals surface area contributed by atoms with Crippen molar-refractivity contribution in [3.05, 3.63) is 77.6 Å². The Morgan fingerprint density at radius 1 is 1.02 bits per heavy atom. The molecular formula is C34H39F3N6O5S. The second kappa shape index (κ2) is 14.8. The molecule has 2 aromatic carbocycles. The van der Waals surface area contributed by atoms with Crippen LogP contribution in [0.25, 0.3) is 22.2 Å². The number of carbonyl (C=O) groups is 1. The van der Waals surface area contributed by atoms with Crippen molar-refractivity contribution in [3.63, 3.8) is 0 Å². The van der Waals surface area contributed by atoms with Gasteiger partial charge in [0, 0.05) is 93.6 Å². The maximum atomic E-state index is 15.6. The van der Waals surface area contributed by atoms with Crippen molar-refractivity contribution in [2.24, 2.45) is 0 Å². The molecule has 0 amide bonds. The van der Waals surface area contributed by atoms with Crippen LogP contribution >= 0.6 is 0 Å². The van der Waals surface area contributed by atoms with Crippen molar-refractivity contribution in [1.29, 1.82) is 0 Å². The van der Waals surface area contributed by atoms with Crippen LogP contribution in [0.5, 0.6) is 0 Å². The highest BCUT2D eigenvalue weighted by atomic mass is 32.2. The highest BCUT2D eigenvalue weighted by molar-refractivity contribution is 7.90. The number of rotatable bonds is 13. The lowest BCUT2D eigenvalue weighted by Gasteiger charge is -2.37. The molecule has 262 valence electrons. The average Bonchev–Trinajstić information content (AvgIpc) is 3.73. The molecule has 2 fully saturated rings. The third-order valence-electron chi connectivity index (χ3n) is 8.82. The van der Waals surface area contributed by atoms with Gasteiger partial charge in [0.25, 0.3) is 0 Å². The molecule has 0 spiro atoms. The van der Waals surface area contributed by atoms with Gasteiger partial charge in [0.1, 0.15) is 17.6 Å². The van der Waals surface area contributed by atoms with E-state index in [1.165, 1.54) is 6.20 Å². The molecule has 4 aromatic rings. The predicted molar refractivity (Wildman–Crippen MR) is 181 cm³/mol. The second-order valence-electron chi connectivity index (χ2n) is 12.0. The van der Waals surface area contributed by atoms with Crippen LogP contribution in [-0.2, 0) is 19.7 Å². The predicted octanol–water partition coefficient (Wildman–Crippen LogP) is 4.96. The van der Waals surface area contributed by atoms with E-state index in [0.29, 0.717) is 29.8 Å². The van der Waals surface area contributed by atoms with Gasteiger partial charge in [-0.1, -0.05) is 12.1 Å². The number of aromatic amines is 1. The van der Waals surface area contributed by atoms with E-state index < -0.39 is 45.0 Å². The van der Waals surface area contributed by atoms with Crippen molar-refractivity contribution in [2.75, 3.05) is 68.6 Å². The van der Waals surface area contributed by atoms with Crippen molar-refractivity contribution in [2.45, 2.75) is 32.7 Å². The number of H-pyrrole nitrogens is 1. The third kappa shape index (κ3) is 7.60. The van der Waals surface area contributed by atoms with E-state index in [9.17, 15) is 22.0 Å². The normalized spacial score (nSPS) is 17.8. The minimum absolute atomic E-state index is 0.0143. The number of alkyl halides is 1. The topological polar surface area (TPSA) is 120 Å². The molecule has 0 radical (unpaired) electrons. The summed E-state index contributed by atoms with van der Waals surface area (Å²) in [5.74, 6) is -3.52. The summed E-state index contributed by atoms with van der Waals surface area (Å²) in [6.07, 6.45) is 1.40. The van der Waals surface area contributed by atoms with Crippen molar-refractivity contribution in [3.8, 4) is 11.1 Å². The Morgan fingerprint density at radius 3 is 2.39 bits per heavy atom. The van der Waals surface area contributed by atoms with Crippen LogP contribution in [0, 0.1) is 11.6 Å². The van der Waals surface area contributed by atoms with E-state index in [-0.39, 0.29) is 31.4 Å². The van der Waals surface area contributed by atoms with Gasteiger partial charge in [-0.25, -0.2) is 18.2 Å². The average molecular weight is 701 g/mol. The fourth-order valence-electron chi connectivity index (χ4n) is 6.22. The zero-order valence-electron chi connectivity index (χ0n) is 27.3. The molecule has 1 atom stereocenters. The molecule has 2 aromatic heterocycles. The zero-order valence-corrected chi connectivity index (χ0v) is 28.1. The number of ether oxygens (including phenoxy) is 2. The van der Waals surface area contributed by atoms with Gasteiger partial charge in [0.15, 0.2) is 12.1 Å². The van der Waals surface area contributed by atoms with E-state index in [1.807, 2.05) is 42.8 Å². The van der Waals surface area contributed by atoms with E-state index in [0.717, 1.165) is 60.4 Å². The minimum Gasteiger partial charge on any atom is -0.369 e. The van der Waals surface area contributed by atoms with Crippen LogP contribution in [0.3, 0.4) is 0 Å². The minimum atomic E-state index is -4.33. The number of benzene rings is 2. The fourth-order valence-corrected chi connectivity index (χ4v) is 7.49. The molecular weight excluding hydrogens is 661 g/mol. The first-order chi connectivity index (χ1) is 23.6. The molecule has 49 heavy (non-hydrogen) atoms. The number of fused-ring (bicyclic) bond motifs is 1. The summed E-state index contributed by atoms with van der Waals surface area (Å²) >= 11 is 0. The van der Waals surface area contributed by atoms with Crippen molar-refractivity contribution < 1.29 is 35.9 Å². The molecule has 11 nitrogen and oxygen atoms in total. The lowest BCUT2D eigenvalue weighted by Crippen LogP contribution is -2.49. The summed E-state index contributed by atoms with van der Waals surface area (Å²) in [5, 5.41) is 0.343. The van der Waals surface area contributed by atoms with Crippen molar-refractivity contribution >= 4 is 38.4 Å². The molecule has 0 aliphatic carbocycles. The quantitative estimate of drug-likeness (QED) is 0.149. The third-order valence-corrected chi connectivity index (χ3v) is 10.3. The fraction of sp³-hybridized carbons (Fsp3) is 0.412. The highest BCUT2D eigenvalue weighted by Crippen LogP contribution is 2.31. The van der Waals surface area contributed by atoms with Crippen LogP contribution in [-0.4, -0.2) is 105 Å². The summed E-state index contributed by atoms with van der Waals surface area (Å²) in [7, 11) is -4.33. The van der Waals surface area contributed by atoms with Gasteiger partial charge in [0.2, 0.25) is 5.78 Å². The monoisotopic (exact) mass is 700 g/mol. The van der Waals surface area contributed by atoms with Crippen molar-refractivity contribution in [1.82, 2.24) is 19.2 Å². The largest absolute Gasteiger partial charge is 0.369 e. The number of carbonyl (C=O) groups excluding carboxylic acids is 1. The van der Waals surface area contributed by atoms with Crippen LogP contribution in [0.4, 0.5) is 24.5 Å². The summed E-state index contributed by atoms with van der Waals surface area (Å²) in [5.41, 5.74) is 1.35. The molecule has 2 saturated heterocycles. The highest BCUT2D eigenvalue weighted by Gasteiger charge is 2.33. The number of nitrogens with zero attached hydrogens (tertiary/aromatic N) is 4. The van der Waals surface area contributed by atoms with E-state index in [1.54, 1.807) is 12.3 Å². The van der Waals surface area contributed by atoms with Gasteiger partial charge in [-0.05, 0) is 56.2 Å². The molecule has 0 saturated carbocycles. The van der Waals surface area contributed by atoms with Gasteiger partial charge in [-0.15, -0.1) is 0 Å². The first kappa shape index (κ1) is 34.8. The molecule has 15 heteroatoms. The molecule has 4 heterocycles. The molecule has 2 N–H and O–H groups in total. The Labute approximate surface area is 283 Å². The molecule has 0 bridgehead atoms.